The fourth-order valence-electron chi connectivity index (χ4n) is 1.27. The number of nitrogens with zero attached hydrogens (tertiary/aromatic N) is 2. The van der Waals surface area contributed by atoms with Crippen LogP contribution in [0.15, 0.2) is 22.7 Å². The lowest BCUT2D eigenvalue weighted by atomic mass is 10.2. The van der Waals surface area contributed by atoms with Crippen LogP contribution >= 0.6 is 23.2 Å². The molecule has 0 aliphatic carbocycles. The maximum Gasteiger partial charge on any atom is 0.260 e. The number of aromatic nitrogens is 2. The van der Waals surface area contributed by atoms with Gasteiger partial charge >= 0.3 is 0 Å². The van der Waals surface area contributed by atoms with Crippen molar-refractivity contribution >= 4 is 23.2 Å². The van der Waals surface area contributed by atoms with Gasteiger partial charge < -0.3 is 4.52 Å². The van der Waals surface area contributed by atoms with Gasteiger partial charge in [0, 0.05) is 5.92 Å². The summed E-state index contributed by atoms with van der Waals surface area (Å²) < 4.78 is 5.14. The molecular formula is C11H10Cl2N2O. The van der Waals surface area contributed by atoms with Gasteiger partial charge in [0.2, 0.25) is 0 Å². The first-order chi connectivity index (χ1) is 7.59. The number of hydrogen-bond acceptors (Lipinski definition) is 3. The molecule has 1 heterocycles. The summed E-state index contributed by atoms with van der Waals surface area (Å²) in [5, 5.41) is 4.88. The molecule has 0 spiro atoms. The van der Waals surface area contributed by atoms with Crippen molar-refractivity contribution in [3.05, 3.63) is 34.1 Å². The van der Waals surface area contributed by atoms with Crippen molar-refractivity contribution in [2.24, 2.45) is 0 Å². The molecule has 1 aromatic carbocycles. The van der Waals surface area contributed by atoms with E-state index in [1.54, 1.807) is 18.2 Å². The van der Waals surface area contributed by atoms with Gasteiger partial charge in [-0.3, -0.25) is 0 Å². The molecule has 2 aromatic rings. The third-order valence-corrected chi connectivity index (χ3v) is 2.76. The quantitative estimate of drug-likeness (QED) is 0.810. The van der Waals surface area contributed by atoms with Gasteiger partial charge in [-0.2, -0.15) is 4.98 Å². The molecule has 0 saturated heterocycles. The summed E-state index contributed by atoms with van der Waals surface area (Å²) in [5.41, 5.74) is 0.588. The third-order valence-electron chi connectivity index (χ3n) is 2.13. The number of benzene rings is 1. The van der Waals surface area contributed by atoms with E-state index in [9.17, 15) is 0 Å². The van der Waals surface area contributed by atoms with Gasteiger partial charge in [-0.15, -0.1) is 0 Å². The molecule has 0 radical (unpaired) electrons. The van der Waals surface area contributed by atoms with Crippen molar-refractivity contribution < 1.29 is 4.52 Å². The Labute approximate surface area is 103 Å². The van der Waals surface area contributed by atoms with Crippen LogP contribution in [-0.2, 0) is 0 Å². The Balaban J connectivity index is 2.50. The van der Waals surface area contributed by atoms with Crippen molar-refractivity contribution in [3.63, 3.8) is 0 Å². The molecule has 84 valence electrons. The maximum absolute atomic E-state index is 6.04. The normalized spacial score (nSPS) is 11.1. The molecular weight excluding hydrogens is 247 g/mol. The number of rotatable bonds is 2. The minimum Gasteiger partial charge on any atom is -0.334 e. The summed E-state index contributed by atoms with van der Waals surface area (Å²) in [6, 6.07) is 5.25. The second-order valence-corrected chi connectivity index (χ2v) is 4.52. The van der Waals surface area contributed by atoms with Gasteiger partial charge in [0.05, 0.1) is 15.6 Å². The Morgan fingerprint density at radius 3 is 2.31 bits per heavy atom. The predicted octanol–water partition coefficient (Wildman–Crippen LogP) is 4.17. The van der Waals surface area contributed by atoms with Gasteiger partial charge in [0.1, 0.15) is 0 Å². The van der Waals surface area contributed by atoms with Gasteiger partial charge in [0.25, 0.3) is 5.89 Å². The average molecular weight is 257 g/mol. The van der Waals surface area contributed by atoms with E-state index < -0.39 is 0 Å². The van der Waals surface area contributed by atoms with Crippen LogP contribution in [-0.4, -0.2) is 10.1 Å². The fraction of sp³-hybridized carbons (Fsp3) is 0.273. The van der Waals surface area contributed by atoms with E-state index >= 15 is 0 Å². The minimum atomic E-state index is 0.207. The van der Waals surface area contributed by atoms with Crippen molar-refractivity contribution in [1.29, 1.82) is 0 Å². The van der Waals surface area contributed by atoms with E-state index in [2.05, 4.69) is 10.1 Å². The molecule has 3 nitrogen and oxygen atoms in total. The van der Waals surface area contributed by atoms with Gasteiger partial charge in [-0.25, -0.2) is 0 Å². The van der Waals surface area contributed by atoms with Gasteiger partial charge in [0.15, 0.2) is 5.82 Å². The zero-order chi connectivity index (χ0) is 11.7. The average Bonchev–Trinajstić information content (AvgIpc) is 2.66. The van der Waals surface area contributed by atoms with Crippen LogP contribution in [0.2, 0.25) is 10.0 Å². The smallest absolute Gasteiger partial charge is 0.260 e. The topological polar surface area (TPSA) is 38.9 Å². The molecule has 0 bridgehead atoms. The van der Waals surface area contributed by atoms with Crippen molar-refractivity contribution in [2.45, 2.75) is 19.8 Å². The monoisotopic (exact) mass is 256 g/mol. The molecule has 5 heteroatoms. The van der Waals surface area contributed by atoms with Crippen molar-refractivity contribution in [1.82, 2.24) is 10.1 Å². The summed E-state index contributed by atoms with van der Waals surface area (Å²) in [6.45, 7) is 3.98. The zero-order valence-corrected chi connectivity index (χ0v) is 10.4. The number of hydrogen-bond donors (Lipinski definition) is 0. The van der Waals surface area contributed by atoms with Crippen LogP contribution in [0, 0.1) is 0 Å². The molecule has 0 atom stereocenters. The standard InChI is InChI=1S/C11H10Cl2N2O/c1-6(2)10-14-11(16-15-10)9-7(12)4-3-5-8(9)13/h3-6H,1-2H3. The van der Waals surface area contributed by atoms with Gasteiger partial charge in [-0.1, -0.05) is 48.3 Å². The maximum atomic E-state index is 6.04. The first-order valence-corrected chi connectivity index (χ1v) is 5.63. The van der Waals surface area contributed by atoms with Crippen LogP contribution < -0.4 is 0 Å². The first kappa shape index (κ1) is 11.4. The molecule has 0 aliphatic heterocycles. The SMILES string of the molecule is CC(C)c1noc(-c2c(Cl)cccc2Cl)n1. The predicted molar refractivity (Wildman–Crippen MR) is 63.8 cm³/mol. The first-order valence-electron chi connectivity index (χ1n) is 4.87. The van der Waals surface area contributed by atoms with E-state index in [1.807, 2.05) is 13.8 Å². The van der Waals surface area contributed by atoms with Crippen LogP contribution in [0.3, 0.4) is 0 Å². The Kier molecular flexibility index (Phi) is 3.17. The Bertz CT molecular complexity index is 488. The van der Waals surface area contributed by atoms with E-state index in [4.69, 9.17) is 27.7 Å². The zero-order valence-electron chi connectivity index (χ0n) is 8.87. The Morgan fingerprint density at radius 1 is 1.19 bits per heavy atom. The van der Waals surface area contributed by atoms with E-state index in [-0.39, 0.29) is 5.92 Å². The summed E-state index contributed by atoms with van der Waals surface area (Å²) >= 11 is 12.1. The summed E-state index contributed by atoms with van der Waals surface area (Å²) in [4.78, 5) is 4.26. The molecule has 0 fully saturated rings. The highest BCUT2D eigenvalue weighted by molar-refractivity contribution is 6.38. The Morgan fingerprint density at radius 2 is 1.81 bits per heavy atom. The highest BCUT2D eigenvalue weighted by atomic mass is 35.5. The Hall–Kier alpha value is -1.06. The second kappa shape index (κ2) is 4.44. The van der Waals surface area contributed by atoms with Crippen molar-refractivity contribution in [2.75, 3.05) is 0 Å². The second-order valence-electron chi connectivity index (χ2n) is 3.71. The lowest BCUT2D eigenvalue weighted by Crippen LogP contribution is -1.89. The highest BCUT2D eigenvalue weighted by Gasteiger charge is 2.16. The van der Waals surface area contributed by atoms with E-state index in [1.165, 1.54) is 0 Å². The van der Waals surface area contributed by atoms with Crippen LogP contribution in [0.5, 0.6) is 0 Å². The molecule has 2 rings (SSSR count). The van der Waals surface area contributed by atoms with Gasteiger partial charge in [-0.05, 0) is 12.1 Å². The summed E-state index contributed by atoms with van der Waals surface area (Å²) in [5.74, 6) is 1.21. The largest absolute Gasteiger partial charge is 0.334 e. The summed E-state index contributed by atoms with van der Waals surface area (Å²) in [7, 11) is 0. The molecule has 0 N–H and O–H groups in total. The third kappa shape index (κ3) is 2.06. The molecule has 1 aromatic heterocycles. The fourth-order valence-corrected chi connectivity index (χ4v) is 1.83. The van der Waals surface area contributed by atoms with Crippen LogP contribution in [0.25, 0.3) is 11.5 Å². The van der Waals surface area contributed by atoms with E-state index in [0.29, 0.717) is 27.3 Å². The molecule has 0 unspecified atom stereocenters. The molecule has 0 saturated carbocycles. The molecule has 0 amide bonds. The highest BCUT2D eigenvalue weighted by Crippen LogP contribution is 2.33. The number of halogens is 2. The van der Waals surface area contributed by atoms with Crippen LogP contribution in [0.1, 0.15) is 25.6 Å². The molecule has 0 aliphatic rings. The lowest BCUT2D eigenvalue weighted by Gasteiger charge is -2.00. The lowest BCUT2D eigenvalue weighted by molar-refractivity contribution is 0.419. The van der Waals surface area contributed by atoms with Crippen molar-refractivity contribution in [3.8, 4) is 11.5 Å². The van der Waals surface area contributed by atoms with Crippen LogP contribution in [0.4, 0.5) is 0 Å². The summed E-state index contributed by atoms with van der Waals surface area (Å²) in [6.07, 6.45) is 0. The molecule has 16 heavy (non-hydrogen) atoms. The minimum absolute atomic E-state index is 0.207. The van der Waals surface area contributed by atoms with E-state index in [0.717, 1.165) is 0 Å².